The Morgan fingerprint density at radius 1 is 0.735 bits per heavy atom. The van der Waals surface area contributed by atoms with Crippen molar-refractivity contribution in [1.82, 2.24) is 0 Å². The number of ether oxygens (including phenoxy) is 1. The van der Waals surface area contributed by atoms with Gasteiger partial charge in [-0.2, -0.15) is 0 Å². The van der Waals surface area contributed by atoms with Crippen LogP contribution in [-0.4, -0.2) is 44.3 Å². The summed E-state index contributed by atoms with van der Waals surface area (Å²) < 4.78 is 5.62. The lowest BCUT2D eigenvalue weighted by atomic mass is 9.75. The molecule has 3 aromatic rings. The summed E-state index contributed by atoms with van der Waals surface area (Å²) in [6.07, 6.45) is 14.0. The van der Waals surface area contributed by atoms with Crippen LogP contribution < -0.4 is 4.74 Å². The van der Waals surface area contributed by atoms with E-state index in [4.69, 9.17) is 9.84 Å². The smallest absolute Gasteiger partial charge is 0.339 e. The SMILES string of the molecule is CCCCC#CC1(c2cc(C(=O)O)cc(C(=O)O)c2)C=CC=CC1.CCCCC#Cc1cccc(Oc2cc(C(=O)O)ccc2C(=O)O)c1. The summed E-state index contributed by atoms with van der Waals surface area (Å²) in [5.74, 6) is 8.23. The molecule has 1 atom stereocenters. The van der Waals surface area contributed by atoms with Gasteiger partial charge in [0.1, 0.15) is 17.1 Å². The minimum absolute atomic E-state index is 0.0245. The zero-order valence-electron chi connectivity index (χ0n) is 27.4. The van der Waals surface area contributed by atoms with Crippen LogP contribution in [0, 0.1) is 23.7 Å². The molecule has 9 nitrogen and oxygen atoms in total. The molecule has 49 heavy (non-hydrogen) atoms. The summed E-state index contributed by atoms with van der Waals surface area (Å²) in [4.78, 5) is 45.1. The Balaban J connectivity index is 0.000000266. The van der Waals surface area contributed by atoms with Crippen molar-refractivity contribution in [3.05, 3.63) is 118 Å². The van der Waals surface area contributed by atoms with E-state index in [0.29, 0.717) is 17.7 Å². The van der Waals surface area contributed by atoms with Crippen LogP contribution in [0.15, 0.2) is 85.0 Å². The Labute approximate surface area is 285 Å². The van der Waals surface area contributed by atoms with Crippen molar-refractivity contribution in [2.75, 3.05) is 0 Å². The van der Waals surface area contributed by atoms with Crippen molar-refractivity contribution < 1.29 is 44.3 Å². The number of carbonyl (C=O) groups is 4. The first kappa shape index (κ1) is 37.4. The van der Waals surface area contributed by atoms with E-state index >= 15 is 0 Å². The molecular weight excluding hydrogens is 624 g/mol. The third kappa shape index (κ3) is 11.0. The van der Waals surface area contributed by atoms with E-state index in [1.165, 1.54) is 36.4 Å². The van der Waals surface area contributed by atoms with E-state index in [1.807, 2.05) is 30.4 Å². The van der Waals surface area contributed by atoms with Gasteiger partial charge in [0.2, 0.25) is 0 Å². The second-order valence-electron chi connectivity index (χ2n) is 11.1. The van der Waals surface area contributed by atoms with Crippen LogP contribution in [0.2, 0.25) is 0 Å². The van der Waals surface area contributed by atoms with Gasteiger partial charge in [-0.1, -0.05) is 74.8 Å². The number of benzene rings is 3. The van der Waals surface area contributed by atoms with Gasteiger partial charge in [-0.05, 0) is 79.4 Å². The fraction of sp³-hybridized carbons (Fsp3) is 0.250. The van der Waals surface area contributed by atoms with Crippen molar-refractivity contribution in [1.29, 1.82) is 0 Å². The van der Waals surface area contributed by atoms with Gasteiger partial charge in [-0.3, -0.25) is 0 Å². The van der Waals surface area contributed by atoms with Crippen LogP contribution in [-0.2, 0) is 5.41 Å². The highest BCUT2D eigenvalue weighted by molar-refractivity contribution is 5.95. The molecule has 0 spiro atoms. The number of rotatable bonds is 11. The molecule has 1 aliphatic rings. The van der Waals surface area contributed by atoms with Gasteiger partial charge in [-0.25, -0.2) is 19.2 Å². The zero-order valence-corrected chi connectivity index (χ0v) is 27.4. The molecule has 0 aromatic heterocycles. The summed E-state index contributed by atoms with van der Waals surface area (Å²) in [7, 11) is 0. The van der Waals surface area contributed by atoms with Gasteiger partial charge < -0.3 is 25.2 Å². The van der Waals surface area contributed by atoms with E-state index in [9.17, 15) is 34.5 Å². The van der Waals surface area contributed by atoms with E-state index in [0.717, 1.165) is 44.1 Å². The third-order valence-corrected chi connectivity index (χ3v) is 7.39. The van der Waals surface area contributed by atoms with E-state index < -0.39 is 29.3 Å². The molecule has 1 unspecified atom stereocenters. The quantitative estimate of drug-likeness (QED) is 0.117. The lowest BCUT2D eigenvalue weighted by molar-refractivity contribution is 0.0678. The second-order valence-corrected chi connectivity index (χ2v) is 11.1. The monoisotopic (exact) mass is 662 g/mol. The maximum atomic E-state index is 11.4. The van der Waals surface area contributed by atoms with Gasteiger partial charge in [0.25, 0.3) is 0 Å². The van der Waals surface area contributed by atoms with Crippen LogP contribution in [0.5, 0.6) is 11.5 Å². The fourth-order valence-corrected chi connectivity index (χ4v) is 4.73. The molecule has 4 rings (SSSR count). The molecule has 0 fully saturated rings. The summed E-state index contributed by atoms with van der Waals surface area (Å²) in [5.41, 5.74) is 0.437. The minimum Gasteiger partial charge on any atom is -0.478 e. The number of carboxylic acids is 4. The van der Waals surface area contributed by atoms with Crippen molar-refractivity contribution in [3.63, 3.8) is 0 Å². The predicted molar refractivity (Wildman–Crippen MR) is 186 cm³/mol. The molecule has 0 bridgehead atoms. The van der Waals surface area contributed by atoms with E-state index in [1.54, 1.807) is 18.2 Å². The lowest BCUT2D eigenvalue weighted by Crippen LogP contribution is -2.23. The second kappa shape index (κ2) is 18.3. The summed E-state index contributed by atoms with van der Waals surface area (Å²) in [6.45, 7) is 4.19. The van der Waals surface area contributed by atoms with Crippen LogP contribution in [0.3, 0.4) is 0 Å². The highest BCUT2D eigenvalue weighted by Gasteiger charge is 2.29. The average molecular weight is 663 g/mol. The predicted octanol–water partition coefficient (Wildman–Crippen LogP) is 8.45. The molecule has 3 aromatic carbocycles. The molecule has 0 aliphatic heterocycles. The normalized spacial score (nSPS) is 14.2. The molecule has 0 amide bonds. The Bertz CT molecular complexity index is 1850. The van der Waals surface area contributed by atoms with Crippen LogP contribution in [0.1, 0.15) is 111 Å². The van der Waals surface area contributed by atoms with Crippen LogP contribution in [0.25, 0.3) is 0 Å². The minimum atomic E-state index is -1.19. The standard InChI is InChI=1S/C20H18O5.C20H20O4/c1-2-3-4-5-7-14-8-6-9-16(12-14)25-18-13-15(19(21)22)10-11-17(18)20(23)24;1-2-3-4-6-9-20(10-7-5-8-11-20)17-13-15(18(21)22)12-16(14-17)19(23)24/h6,8-13H,2-4H2,1H3,(H,21,22)(H,23,24);5,7-8,10,12-14H,2-4,11H2,1H3,(H,21,22)(H,23,24). The molecule has 9 heteroatoms. The Kier molecular flexibility index (Phi) is 14.0. The van der Waals surface area contributed by atoms with Gasteiger partial charge in [0.05, 0.1) is 22.1 Å². The summed E-state index contributed by atoms with van der Waals surface area (Å²) >= 11 is 0. The first-order valence-electron chi connectivity index (χ1n) is 15.8. The first-order valence-corrected chi connectivity index (χ1v) is 15.8. The number of aromatic carboxylic acids is 4. The molecular formula is C40H38O9. The highest BCUT2D eigenvalue weighted by atomic mass is 16.5. The van der Waals surface area contributed by atoms with E-state index in [-0.39, 0.29) is 28.0 Å². The largest absolute Gasteiger partial charge is 0.478 e. The molecule has 0 heterocycles. The van der Waals surface area contributed by atoms with Gasteiger partial charge in [0.15, 0.2) is 0 Å². The topological polar surface area (TPSA) is 158 Å². The lowest BCUT2D eigenvalue weighted by Gasteiger charge is -2.27. The number of allylic oxidation sites excluding steroid dienone is 4. The Morgan fingerprint density at radius 3 is 1.96 bits per heavy atom. The first-order chi connectivity index (χ1) is 23.5. The fourth-order valence-electron chi connectivity index (χ4n) is 4.73. The third-order valence-electron chi connectivity index (χ3n) is 7.39. The van der Waals surface area contributed by atoms with Crippen molar-refractivity contribution >= 4 is 23.9 Å². The molecule has 4 N–H and O–H groups in total. The number of unbranched alkanes of at least 4 members (excludes halogenated alkanes) is 4. The molecule has 0 saturated heterocycles. The van der Waals surface area contributed by atoms with Gasteiger partial charge in [-0.15, -0.1) is 5.92 Å². The van der Waals surface area contributed by atoms with Crippen molar-refractivity contribution in [2.45, 2.75) is 64.2 Å². The maximum absolute atomic E-state index is 11.4. The molecule has 0 saturated carbocycles. The Morgan fingerprint density at radius 2 is 1.39 bits per heavy atom. The maximum Gasteiger partial charge on any atom is 0.339 e. The number of carboxylic acid groups (broad SMARTS) is 4. The van der Waals surface area contributed by atoms with Crippen LogP contribution in [0.4, 0.5) is 0 Å². The van der Waals surface area contributed by atoms with Gasteiger partial charge >= 0.3 is 23.9 Å². The van der Waals surface area contributed by atoms with Crippen molar-refractivity contribution in [3.8, 4) is 35.2 Å². The Hall–Kier alpha value is -6.06. The average Bonchev–Trinajstić information content (AvgIpc) is 3.09. The van der Waals surface area contributed by atoms with E-state index in [2.05, 4.69) is 37.5 Å². The zero-order chi connectivity index (χ0) is 35.8. The summed E-state index contributed by atoms with van der Waals surface area (Å²) in [6, 6.07) is 14.8. The summed E-state index contributed by atoms with van der Waals surface area (Å²) in [5, 5.41) is 36.9. The highest BCUT2D eigenvalue weighted by Crippen LogP contribution is 2.34. The molecule has 252 valence electrons. The van der Waals surface area contributed by atoms with Crippen LogP contribution >= 0.6 is 0 Å². The number of hydrogen-bond acceptors (Lipinski definition) is 5. The van der Waals surface area contributed by atoms with Gasteiger partial charge in [0, 0.05) is 18.4 Å². The number of hydrogen-bond donors (Lipinski definition) is 4. The van der Waals surface area contributed by atoms with Crippen molar-refractivity contribution in [2.24, 2.45) is 0 Å². The molecule has 0 radical (unpaired) electrons. The molecule has 1 aliphatic carbocycles.